The van der Waals surface area contributed by atoms with Gasteiger partial charge in [-0.05, 0) is 25.0 Å². The molecule has 6 heteroatoms. The fourth-order valence-electron chi connectivity index (χ4n) is 1.37. The van der Waals surface area contributed by atoms with Gasteiger partial charge in [0.1, 0.15) is 0 Å². The van der Waals surface area contributed by atoms with Gasteiger partial charge in [0, 0.05) is 18.1 Å². The Kier molecular flexibility index (Phi) is 10.9. The van der Waals surface area contributed by atoms with Gasteiger partial charge in [0.05, 0.1) is 20.8 Å². The molecule has 1 N–H and O–H groups in total. The number of hydrogen-bond acceptors (Lipinski definition) is 6. The summed E-state index contributed by atoms with van der Waals surface area (Å²) in [6.07, 6.45) is 3.01. The minimum Gasteiger partial charge on any atom is -0.469 e. The van der Waals surface area contributed by atoms with Gasteiger partial charge in [-0.1, -0.05) is 0 Å². The zero-order valence-electron chi connectivity index (χ0n) is 11.0. The molecular weight excluding hydrogens is 258 g/mol. The molecule has 0 saturated carbocycles. The van der Waals surface area contributed by atoms with Gasteiger partial charge in [-0.25, -0.2) is 0 Å². The molecule has 0 aliphatic rings. The van der Waals surface area contributed by atoms with Gasteiger partial charge in [-0.3, -0.25) is 9.59 Å². The van der Waals surface area contributed by atoms with E-state index in [9.17, 15) is 14.7 Å². The molecular formula is C12H22O5S. The van der Waals surface area contributed by atoms with Crippen molar-refractivity contribution < 1.29 is 24.2 Å². The van der Waals surface area contributed by atoms with Crippen LogP contribution in [-0.4, -0.2) is 48.9 Å². The van der Waals surface area contributed by atoms with Crippen molar-refractivity contribution in [2.24, 2.45) is 0 Å². The van der Waals surface area contributed by atoms with Gasteiger partial charge in [0.2, 0.25) is 0 Å². The van der Waals surface area contributed by atoms with Crippen molar-refractivity contribution in [3.05, 3.63) is 0 Å². The summed E-state index contributed by atoms with van der Waals surface area (Å²) < 4.78 is 9.08. The van der Waals surface area contributed by atoms with Gasteiger partial charge in [0.25, 0.3) is 0 Å². The molecule has 1 unspecified atom stereocenters. The van der Waals surface area contributed by atoms with Gasteiger partial charge < -0.3 is 14.6 Å². The number of thioether (sulfide) groups is 1. The van der Waals surface area contributed by atoms with Crippen molar-refractivity contribution in [3.8, 4) is 0 Å². The Balaban J connectivity index is 3.58. The maximum atomic E-state index is 10.9. The fraction of sp³-hybridized carbons (Fsp3) is 0.833. The van der Waals surface area contributed by atoms with E-state index in [1.807, 2.05) is 0 Å². The molecule has 0 amide bonds. The third-order valence-electron chi connectivity index (χ3n) is 2.44. The molecule has 106 valence electrons. The number of hydrogen-bond donors (Lipinski definition) is 1. The maximum absolute atomic E-state index is 10.9. The van der Waals surface area contributed by atoms with E-state index in [1.54, 1.807) is 11.8 Å². The summed E-state index contributed by atoms with van der Waals surface area (Å²) in [5.74, 6) is 0.377. The largest absolute Gasteiger partial charge is 0.469 e. The number of aliphatic hydroxyl groups excluding tert-OH is 1. The topological polar surface area (TPSA) is 72.8 Å². The highest BCUT2D eigenvalue weighted by molar-refractivity contribution is 7.99. The number of rotatable bonds is 10. The van der Waals surface area contributed by atoms with Crippen LogP contribution in [0.15, 0.2) is 0 Å². The molecule has 5 nitrogen and oxygen atoms in total. The molecule has 0 rings (SSSR count). The van der Waals surface area contributed by atoms with E-state index < -0.39 is 0 Å². The van der Waals surface area contributed by atoms with Crippen LogP contribution in [0.25, 0.3) is 0 Å². The van der Waals surface area contributed by atoms with Crippen LogP contribution < -0.4 is 0 Å². The minimum absolute atomic E-state index is 0.0874. The normalized spacial score (nSPS) is 11.9. The molecule has 18 heavy (non-hydrogen) atoms. The van der Waals surface area contributed by atoms with Crippen LogP contribution in [0.4, 0.5) is 0 Å². The second kappa shape index (κ2) is 11.3. The average Bonchev–Trinajstić information content (AvgIpc) is 2.40. The van der Waals surface area contributed by atoms with Gasteiger partial charge in [-0.2, -0.15) is 11.8 Å². The summed E-state index contributed by atoms with van der Waals surface area (Å²) in [5.41, 5.74) is 0. The molecule has 0 aliphatic heterocycles. The summed E-state index contributed by atoms with van der Waals surface area (Å²) >= 11 is 1.62. The molecule has 0 heterocycles. The van der Waals surface area contributed by atoms with E-state index in [4.69, 9.17) is 0 Å². The lowest BCUT2D eigenvalue weighted by molar-refractivity contribution is -0.141. The average molecular weight is 280 g/mol. The molecule has 0 saturated heterocycles. The molecule has 0 aromatic heterocycles. The lowest BCUT2D eigenvalue weighted by atomic mass is 10.2. The SMILES string of the molecule is COC(=O)CCCSC(CCCC(=O)OC)[14CH2]O. The van der Waals surface area contributed by atoms with E-state index in [2.05, 4.69) is 9.47 Å². The number of aliphatic hydroxyl groups is 1. The van der Waals surface area contributed by atoms with Crippen LogP contribution in [0, 0.1) is 0 Å². The van der Waals surface area contributed by atoms with E-state index in [0.29, 0.717) is 19.3 Å². The van der Waals surface area contributed by atoms with Crippen LogP contribution in [0.5, 0.6) is 0 Å². The first kappa shape index (κ1) is 17.2. The van der Waals surface area contributed by atoms with Crippen molar-refractivity contribution in [1.82, 2.24) is 0 Å². The second-order valence-corrected chi connectivity index (χ2v) is 5.23. The van der Waals surface area contributed by atoms with Gasteiger partial charge >= 0.3 is 11.9 Å². The first-order valence-electron chi connectivity index (χ1n) is 6.00. The number of carbonyl (C=O) groups is 2. The molecule has 0 aromatic rings. The fourth-order valence-corrected chi connectivity index (χ4v) is 2.46. The van der Waals surface area contributed by atoms with Crippen molar-refractivity contribution in [3.63, 3.8) is 0 Å². The second-order valence-electron chi connectivity index (χ2n) is 3.82. The zero-order chi connectivity index (χ0) is 13.8. The van der Waals surface area contributed by atoms with Crippen LogP contribution in [0.3, 0.4) is 0 Å². The standard InChI is InChI=1S/C12H22O5S/c1-16-11(14)6-3-5-10(9-13)18-8-4-7-12(15)17-2/h10,13H,3-9H2,1-2H3/i9+2. The number of carbonyl (C=O) groups excluding carboxylic acids is 2. The van der Waals surface area contributed by atoms with E-state index in [0.717, 1.165) is 18.6 Å². The van der Waals surface area contributed by atoms with Gasteiger partial charge in [-0.15, -0.1) is 0 Å². The summed E-state index contributed by atoms with van der Waals surface area (Å²) in [6.45, 7) is 0.0874. The summed E-state index contributed by atoms with van der Waals surface area (Å²) in [4.78, 5) is 21.8. The van der Waals surface area contributed by atoms with Crippen LogP contribution in [0.1, 0.15) is 32.1 Å². The molecule has 0 fully saturated rings. The predicted octanol–water partition coefficient (Wildman–Crippen LogP) is 1.38. The van der Waals surface area contributed by atoms with Crippen LogP contribution in [-0.2, 0) is 19.1 Å². The Morgan fingerprint density at radius 3 is 2.22 bits per heavy atom. The molecule has 0 aliphatic carbocycles. The molecule has 0 bridgehead atoms. The highest BCUT2D eigenvalue weighted by Gasteiger charge is 2.10. The quantitative estimate of drug-likeness (QED) is 0.481. The minimum atomic E-state index is -0.220. The van der Waals surface area contributed by atoms with Crippen molar-refractivity contribution in [2.75, 3.05) is 26.6 Å². The van der Waals surface area contributed by atoms with Crippen molar-refractivity contribution in [2.45, 2.75) is 37.4 Å². The Bertz CT molecular complexity index is 245. The Hall–Kier alpha value is -0.750. The Morgan fingerprint density at radius 1 is 1.17 bits per heavy atom. The zero-order valence-corrected chi connectivity index (χ0v) is 11.8. The first-order chi connectivity index (χ1) is 8.63. The Morgan fingerprint density at radius 2 is 1.72 bits per heavy atom. The smallest absolute Gasteiger partial charge is 0.305 e. The number of esters is 2. The summed E-state index contributed by atoms with van der Waals surface area (Å²) in [5, 5.41) is 9.29. The predicted molar refractivity (Wildman–Crippen MR) is 70.4 cm³/mol. The van der Waals surface area contributed by atoms with E-state index in [-0.39, 0.29) is 23.8 Å². The monoisotopic (exact) mass is 280 g/mol. The van der Waals surface area contributed by atoms with Crippen molar-refractivity contribution in [1.29, 1.82) is 0 Å². The van der Waals surface area contributed by atoms with Gasteiger partial charge in [0.15, 0.2) is 0 Å². The van der Waals surface area contributed by atoms with Crippen LogP contribution >= 0.6 is 11.8 Å². The Labute approximate surface area is 112 Å². The lowest BCUT2D eigenvalue weighted by Crippen LogP contribution is -2.11. The van der Waals surface area contributed by atoms with E-state index >= 15 is 0 Å². The summed E-state index contributed by atoms with van der Waals surface area (Å²) in [6, 6.07) is 0. The highest BCUT2D eigenvalue weighted by atomic mass is 32.2. The molecule has 1 atom stereocenters. The maximum Gasteiger partial charge on any atom is 0.305 e. The van der Waals surface area contributed by atoms with Crippen molar-refractivity contribution >= 4 is 23.7 Å². The molecule has 0 radical (unpaired) electrons. The summed E-state index contributed by atoms with van der Waals surface area (Å²) in [7, 11) is 2.74. The third-order valence-corrected chi connectivity index (χ3v) is 3.83. The molecule has 0 spiro atoms. The van der Waals surface area contributed by atoms with Crippen LogP contribution in [0.2, 0.25) is 0 Å². The lowest BCUT2D eigenvalue weighted by Gasteiger charge is -2.12. The third kappa shape index (κ3) is 9.30. The van der Waals surface area contributed by atoms with E-state index in [1.165, 1.54) is 14.2 Å². The highest BCUT2D eigenvalue weighted by Crippen LogP contribution is 2.18. The number of methoxy groups -OCH3 is 2. The molecule has 0 aromatic carbocycles. The number of ether oxygens (including phenoxy) is 2. The first-order valence-corrected chi connectivity index (χ1v) is 7.05.